The Morgan fingerprint density at radius 2 is 1.77 bits per heavy atom. The molecule has 0 radical (unpaired) electrons. The molecule has 30 heavy (non-hydrogen) atoms. The standard InChI is InChI=1S/C28H44O2/c1-17(2)19(4)26(30)15-18(3)23-9-10-24-22-8-7-20-16-21(29)11-13-27(20,5)25(22)12-14-28(23,24)6/h7-8,17-19,21,23-25,29H,9-16H2,1-6H3/t18-,19-,21+,23-,24+,25+,27+,28-/m1/s1. The van der Waals surface area contributed by atoms with E-state index < -0.39 is 0 Å². The normalized spacial score (nSPS) is 42.5. The van der Waals surface area contributed by atoms with Crippen molar-refractivity contribution < 1.29 is 9.90 Å². The lowest BCUT2D eigenvalue weighted by Crippen LogP contribution is -2.46. The van der Waals surface area contributed by atoms with E-state index in [0.29, 0.717) is 40.8 Å². The van der Waals surface area contributed by atoms with Gasteiger partial charge in [0.25, 0.3) is 0 Å². The van der Waals surface area contributed by atoms with Gasteiger partial charge >= 0.3 is 0 Å². The van der Waals surface area contributed by atoms with E-state index in [2.05, 4.69) is 53.7 Å². The fourth-order valence-electron chi connectivity index (χ4n) is 7.98. The summed E-state index contributed by atoms with van der Waals surface area (Å²) >= 11 is 0. The van der Waals surface area contributed by atoms with E-state index in [1.54, 1.807) is 5.57 Å². The van der Waals surface area contributed by atoms with Gasteiger partial charge in [0.2, 0.25) is 0 Å². The Kier molecular flexibility index (Phi) is 5.88. The van der Waals surface area contributed by atoms with E-state index in [1.807, 2.05) is 0 Å². The van der Waals surface area contributed by atoms with Crippen molar-refractivity contribution in [1.29, 1.82) is 0 Å². The summed E-state index contributed by atoms with van der Waals surface area (Å²) < 4.78 is 0. The number of Topliss-reactive ketones (excluding diaryl/α,β-unsaturated/α-hetero) is 1. The zero-order valence-corrected chi connectivity index (χ0v) is 20.2. The van der Waals surface area contributed by atoms with Gasteiger partial charge < -0.3 is 5.11 Å². The zero-order chi connectivity index (χ0) is 21.8. The van der Waals surface area contributed by atoms with Crippen LogP contribution in [0.25, 0.3) is 0 Å². The summed E-state index contributed by atoms with van der Waals surface area (Å²) in [6, 6.07) is 0. The van der Waals surface area contributed by atoms with E-state index in [9.17, 15) is 9.90 Å². The molecule has 0 aromatic rings. The summed E-state index contributed by atoms with van der Waals surface area (Å²) in [5, 5.41) is 10.2. The Balaban J connectivity index is 1.54. The lowest BCUT2D eigenvalue weighted by molar-refractivity contribution is -0.125. The number of carbonyl (C=O) groups excluding carboxylic acids is 1. The smallest absolute Gasteiger partial charge is 0.136 e. The quantitative estimate of drug-likeness (QED) is 0.543. The van der Waals surface area contributed by atoms with Crippen molar-refractivity contribution in [3.63, 3.8) is 0 Å². The zero-order valence-electron chi connectivity index (χ0n) is 20.2. The van der Waals surface area contributed by atoms with Crippen LogP contribution in [0.2, 0.25) is 0 Å². The van der Waals surface area contributed by atoms with Gasteiger partial charge in [0.05, 0.1) is 6.10 Å². The molecule has 2 nitrogen and oxygen atoms in total. The molecule has 4 aliphatic rings. The van der Waals surface area contributed by atoms with Crippen LogP contribution in [-0.4, -0.2) is 17.0 Å². The summed E-state index contributed by atoms with van der Waals surface area (Å²) in [5.74, 6) is 3.59. The number of hydrogen-bond donors (Lipinski definition) is 1. The second-order valence-electron chi connectivity index (χ2n) is 12.2. The van der Waals surface area contributed by atoms with E-state index in [0.717, 1.165) is 25.7 Å². The number of hydrogen-bond acceptors (Lipinski definition) is 2. The highest BCUT2D eigenvalue weighted by Gasteiger charge is 2.57. The van der Waals surface area contributed by atoms with E-state index in [4.69, 9.17) is 0 Å². The highest BCUT2D eigenvalue weighted by molar-refractivity contribution is 5.81. The SMILES string of the molecule is CC(C)[C@@H](C)C(=O)C[C@@H](C)[C@H]1CC[C@H]2C3=CC=C4C[C@@H](O)CC[C@]4(C)[C@H]3CC[C@]12C. The monoisotopic (exact) mass is 412 g/mol. The summed E-state index contributed by atoms with van der Waals surface area (Å²) in [7, 11) is 0. The lowest BCUT2D eigenvalue weighted by atomic mass is 9.50. The first-order valence-electron chi connectivity index (χ1n) is 12.7. The number of carbonyl (C=O) groups is 1. The molecule has 168 valence electrons. The second-order valence-corrected chi connectivity index (χ2v) is 12.2. The molecule has 2 heteroatoms. The fraction of sp³-hybridized carbons (Fsp3) is 0.821. The molecule has 4 aliphatic carbocycles. The van der Waals surface area contributed by atoms with Crippen molar-refractivity contribution in [2.24, 2.45) is 46.3 Å². The molecule has 0 unspecified atom stereocenters. The molecule has 4 rings (SSSR count). The molecule has 0 spiro atoms. The maximum atomic E-state index is 12.8. The molecule has 8 atom stereocenters. The van der Waals surface area contributed by atoms with Crippen LogP contribution in [0.1, 0.15) is 92.9 Å². The Bertz CT molecular complexity index is 746. The number of aliphatic hydroxyl groups is 1. The first-order chi connectivity index (χ1) is 14.1. The molecule has 3 fully saturated rings. The number of ketones is 1. The van der Waals surface area contributed by atoms with E-state index in [-0.39, 0.29) is 17.4 Å². The summed E-state index contributed by atoms with van der Waals surface area (Å²) in [6.45, 7) is 13.8. The second kappa shape index (κ2) is 7.91. The van der Waals surface area contributed by atoms with Gasteiger partial charge in [0.1, 0.15) is 5.78 Å². The minimum absolute atomic E-state index is 0.143. The molecule has 0 aromatic heterocycles. The molecule has 3 saturated carbocycles. The molecule has 0 saturated heterocycles. The third-order valence-electron chi connectivity index (χ3n) is 10.3. The first kappa shape index (κ1) is 22.3. The topological polar surface area (TPSA) is 37.3 Å². The van der Waals surface area contributed by atoms with Crippen LogP contribution in [0.5, 0.6) is 0 Å². The van der Waals surface area contributed by atoms with Crippen LogP contribution >= 0.6 is 0 Å². The lowest BCUT2D eigenvalue weighted by Gasteiger charge is -2.55. The van der Waals surface area contributed by atoms with Crippen molar-refractivity contribution in [2.75, 3.05) is 0 Å². The molecular formula is C28H44O2. The van der Waals surface area contributed by atoms with Gasteiger partial charge in [-0.25, -0.2) is 0 Å². The average molecular weight is 413 g/mol. The highest BCUT2D eigenvalue weighted by atomic mass is 16.3. The average Bonchev–Trinajstić information content (AvgIpc) is 3.05. The van der Waals surface area contributed by atoms with E-state index >= 15 is 0 Å². The molecule has 1 N–H and O–H groups in total. The van der Waals surface area contributed by atoms with Gasteiger partial charge in [-0.1, -0.05) is 64.8 Å². The Morgan fingerprint density at radius 3 is 2.47 bits per heavy atom. The molecule has 0 aliphatic heterocycles. The van der Waals surface area contributed by atoms with Crippen LogP contribution < -0.4 is 0 Å². The van der Waals surface area contributed by atoms with Gasteiger partial charge in [-0.05, 0) is 85.4 Å². The number of aliphatic hydroxyl groups excluding tert-OH is 1. The maximum absolute atomic E-state index is 12.8. The molecule has 0 bridgehead atoms. The van der Waals surface area contributed by atoms with E-state index in [1.165, 1.54) is 31.3 Å². The number of fused-ring (bicyclic) bond motifs is 5. The fourth-order valence-corrected chi connectivity index (χ4v) is 7.98. The summed E-state index contributed by atoms with van der Waals surface area (Å²) in [4.78, 5) is 12.8. The third-order valence-corrected chi connectivity index (χ3v) is 10.3. The number of rotatable bonds is 5. The predicted octanol–water partition coefficient (Wildman–Crippen LogP) is 6.73. The Morgan fingerprint density at radius 1 is 1.03 bits per heavy atom. The Labute approximate surface area is 184 Å². The van der Waals surface area contributed by atoms with Crippen molar-refractivity contribution in [2.45, 2.75) is 99.0 Å². The first-order valence-corrected chi connectivity index (χ1v) is 12.7. The van der Waals surface area contributed by atoms with Crippen molar-refractivity contribution in [1.82, 2.24) is 0 Å². The van der Waals surface area contributed by atoms with Crippen molar-refractivity contribution in [3.8, 4) is 0 Å². The minimum atomic E-state index is -0.143. The summed E-state index contributed by atoms with van der Waals surface area (Å²) in [6.07, 6.45) is 13.6. The van der Waals surface area contributed by atoms with Crippen LogP contribution in [0.4, 0.5) is 0 Å². The van der Waals surface area contributed by atoms with Gasteiger partial charge in [0, 0.05) is 12.3 Å². The van der Waals surface area contributed by atoms with Crippen molar-refractivity contribution >= 4 is 5.78 Å². The molecular weight excluding hydrogens is 368 g/mol. The number of allylic oxidation sites excluding steroid dienone is 3. The van der Waals surface area contributed by atoms with Crippen molar-refractivity contribution in [3.05, 3.63) is 23.3 Å². The van der Waals surface area contributed by atoms with Gasteiger partial charge in [-0.2, -0.15) is 0 Å². The molecule has 0 amide bonds. The van der Waals surface area contributed by atoms with Crippen LogP contribution in [-0.2, 0) is 4.79 Å². The molecule has 0 aromatic carbocycles. The van der Waals surface area contributed by atoms with Crippen LogP contribution in [0, 0.1) is 46.3 Å². The third kappa shape index (κ3) is 3.46. The summed E-state index contributed by atoms with van der Waals surface area (Å²) in [5.41, 5.74) is 3.81. The van der Waals surface area contributed by atoms with Gasteiger partial charge in [-0.15, -0.1) is 0 Å². The van der Waals surface area contributed by atoms with Gasteiger partial charge in [-0.3, -0.25) is 4.79 Å². The van der Waals surface area contributed by atoms with Crippen LogP contribution in [0.3, 0.4) is 0 Å². The predicted molar refractivity (Wildman–Crippen MR) is 124 cm³/mol. The van der Waals surface area contributed by atoms with Crippen LogP contribution in [0.15, 0.2) is 23.3 Å². The minimum Gasteiger partial charge on any atom is -0.393 e. The highest BCUT2D eigenvalue weighted by Crippen LogP contribution is 2.66. The largest absolute Gasteiger partial charge is 0.393 e. The molecule has 0 heterocycles. The van der Waals surface area contributed by atoms with Gasteiger partial charge in [0.15, 0.2) is 0 Å². The Hall–Kier alpha value is -0.890. The maximum Gasteiger partial charge on any atom is 0.136 e.